The van der Waals surface area contributed by atoms with Crippen molar-refractivity contribution in [2.75, 3.05) is 6.61 Å². The Bertz CT molecular complexity index is 984. The first kappa shape index (κ1) is 20.0. The third-order valence-electron chi connectivity index (χ3n) is 4.30. The van der Waals surface area contributed by atoms with Crippen molar-refractivity contribution in [3.05, 3.63) is 90.9 Å². The summed E-state index contributed by atoms with van der Waals surface area (Å²) in [5.41, 5.74) is 4.58. The van der Waals surface area contributed by atoms with Crippen LogP contribution in [0.5, 0.6) is 0 Å². The Morgan fingerprint density at radius 2 is 1.86 bits per heavy atom. The van der Waals surface area contributed by atoms with Gasteiger partial charge in [-0.15, -0.1) is 0 Å². The van der Waals surface area contributed by atoms with Crippen molar-refractivity contribution in [3.8, 4) is 0 Å². The molecular weight excluding hydrogens is 400 g/mol. The van der Waals surface area contributed by atoms with Crippen LogP contribution in [0.4, 0.5) is 5.69 Å². The number of nitrogens with zero attached hydrogens (tertiary/aromatic N) is 2. The Balaban J connectivity index is 1.54. The summed E-state index contributed by atoms with van der Waals surface area (Å²) in [6.07, 6.45) is 0.614. The standard InChI is InChI=1S/C20H18ClN2O4S/c1-14-19(28-13-22(14)12-15-2-6-17(21)7-3-15)10-11-27-20(24)16-4-8-18(9-5-16)23(25)26/h2-9,13H,10-12H2,1H3/q+1. The summed E-state index contributed by atoms with van der Waals surface area (Å²) < 4.78 is 7.46. The van der Waals surface area contributed by atoms with E-state index in [2.05, 4.69) is 10.1 Å². The highest BCUT2D eigenvalue weighted by molar-refractivity contribution is 7.09. The molecule has 0 aliphatic carbocycles. The molecule has 0 radical (unpaired) electrons. The zero-order valence-electron chi connectivity index (χ0n) is 15.1. The number of hydrogen-bond acceptors (Lipinski definition) is 5. The number of halogens is 1. The molecule has 1 aromatic heterocycles. The monoisotopic (exact) mass is 417 g/mol. The molecule has 0 N–H and O–H groups in total. The maximum Gasteiger partial charge on any atom is 0.338 e. The molecule has 3 aromatic rings. The molecule has 0 fully saturated rings. The predicted octanol–water partition coefficient (Wildman–Crippen LogP) is 4.35. The van der Waals surface area contributed by atoms with Gasteiger partial charge in [0.25, 0.3) is 5.69 Å². The molecule has 28 heavy (non-hydrogen) atoms. The lowest BCUT2D eigenvalue weighted by atomic mass is 10.2. The van der Waals surface area contributed by atoms with Crippen LogP contribution in [-0.2, 0) is 17.7 Å². The SMILES string of the molecule is Cc1c(CCOC(=O)c2ccc([N+](=O)[O-])cc2)sc[n+]1Cc1ccc(Cl)cc1. The fraction of sp³-hybridized carbons (Fsp3) is 0.200. The van der Waals surface area contributed by atoms with Gasteiger partial charge in [0.2, 0.25) is 5.51 Å². The number of esters is 1. The van der Waals surface area contributed by atoms with Gasteiger partial charge in [-0.3, -0.25) is 10.1 Å². The zero-order chi connectivity index (χ0) is 20.1. The van der Waals surface area contributed by atoms with E-state index in [9.17, 15) is 14.9 Å². The second-order valence-electron chi connectivity index (χ2n) is 6.18. The molecule has 0 spiro atoms. The number of carbonyl (C=O) groups excluding carboxylic acids is 1. The van der Waals surface area contributed by atoms with E-state index in [1.54, 1.807) is 11.3 Å². The van der Waals surface area contributed by atoms with Crippen molar-refractivity contribution in [2.24, 2.45) is 0 Å². The normalized spacial score (nSPS) is 10.6. The second-order valence-corrected chi connectivity index (χ2v) is 7.55. The minimum absolute atomic E-state index is 0.0593. The number of hydrogen-bond donors (Lipinski definition) is 0. The van der Waals surface area contributed by atoms with E-state index in [1.807, 2.05) is 31.2 Å². The summed E-state index contributed by atoms with van der Waals surface area (Å²) in [7, 11) is 0. The van der Waals surface area contributed by atoms with E-state index in [-0.39, 0.29) is 12.3 Å². The highest BCUT2D eigenvalue weighted by Crippen LogP contribution is 2.16. The Kier molecular flexibility index (Phi) is 6.38. The van der Waals surface area contributed by atoms with E-state index in [0.717, 1.165) is 22.7 Å². The van der Waals surface area contributed by atoms with Crippen molar-refractivity contribution in [3.63, 3.8) is 0 Å². The first-order valence-electron chi connectivity index (χ1n) is 8.56. The van der Waals surface area contributed by atoms with Gasteiger partial charge in [0.05, 0.1) is 22.0 Å². The number of thiazole rings is 1. The molecule has 0 saturated carbocycles. The van der Waals surface area contributed by atoms with Gasteiger partial charge in [0.15, 0.2) is 12.2 Å². The van der Waals surface area contributed by atoms with Crippen molar-refractivity contribution in [2.45, 2.75) is 19.9 Å². The van der Waals surface area contributed by atoms with Crippen molar-refractivity contribution in [1.82, 2.24) is 0 Å². The smallest absolute Gasteiger partial charge is 0.338 e. The van der Waals surface area contributed by atoms with Gasteiger partial charge in [-0.05, 0) is 24.3 Å². The molecule has 0 unspecified atom stereocenters. The van der Waals surface area contributed by atoms with Crippen LogP contribution in [-0.4, -0.2) is 17.5 Å². The van der Waals surface area contributed by atoms with E-state index < -0.39 is 10.9 Å². The number of rotatable bonds is 7. The Labute approximate surface area is 171 Å². The van der Waals surface area contributed by atoms with Gasteiger partial charge < -0.3 is 4.74 Å². The van der Waals surface area contributed by atoms with Crippen LogP contribution >= 0.6 is 22.9 Å². The van der Waals surface area contributed by atoms with E-state index >= 15 is 0 Å². The first-order valence-corrected chi connectivity index (χ1v) is 9.82. The highest BCUT2D eigenvalue weighted by Gasteiger charge is 2.17. The van der Waals surface area contributed by atoms with E-state index in [0.29, 0.717) is 17.0 Å². The molecule has 1 heterocycles. The molecule has 0 aliphatic rings. The number of ether oxygens (including phenoxy) is 1. The molecule has 0 amide bonds. The Hall–Kier alpha value is -2.77. The average molecular weight is 418 g/mol. The van der Waals surface area contributed by atoms with Gasteiger partial charge in [-0.1, -0.05) is 35.1 Å². The van der Waals surface area contributed by atoms with Crippen LogP contribution in [0.2, 0.25) is 5.02 Å². The summed E-state index contributed by atoms with van der Waals surface area (Å²) in [5.74, 6) is -0.488. The van der Waals surface area contributed by atoms with Gasteiger partial charge >= 0.3 is 5.97 Å². The summed E-state index contributed by atoms with van der Waals surface area (Å²) in [6.45, 7) is 3.04. The number of aromatic nitrogens is 1. The largest absolute Gasteiger partial charge is 0.462 e. The molecule has 8 heteroatoms. The Morgan fingerprint density at radius 3 is 2.50 bits per heavy atom. The van der Waals surface area contributed by atoms with Gasteiger partial charge in [0.1, 0.15) is 0 Å². The average Bonchev–Trinajstić information content (AvgIpc) is 3.03. The maximum absolute atomic E-state index is 12.1. The lowest BCUT2D eigenvalue weighted by Gasteiger charge is -2.04. The molecule has 3 rings (SSSR count). The highest BCUT2D eigenvalue weighted by atomic mass is 35.5. The van der Waals surface area contributed by atoms with Crippen molar-refractivity contribution in [1.29, 1.82) is 0 Å². The van der Waals surface area contributed by atoms with Crippen LogP contribution in [0.1, 0.15) is 26.5 Å². The zero-order valence-corrected chi connectivity index (χ0v) is 16.7. The van der Waals surface area contributed by atoms with Crippen molar-refractivity contribution >= 4 is 34.6 Å². The van der Waals surface area contributed by atoms with Crippen LogP contribution in [0.3, 0.4) is 0 Å². The number of nitro groups is 1. The van der Waals surface area contributed by atoms with Crippen LogP contribution in [0.25, 0.3) is 0 Å². The lowest BCUT2D eigenvalue weighted by Crippen LogP contribution is -2.35. The summed E-state index contributed by atoms with van der Waals surface area (Å²) in [6, 6.07) is 13.1. The predicted molar refractivity (Wildman–Crippen MR) is 107 cm³/mol. The first-order chi connectivity index (χ1) is 13.4. The molecule has 0 bridgehead atoms. The van der Waals surface area contributed by atoms with Gasteiger partial charge in [0, 0.05) is 36.1 Å². The number of non-ortho nitro benzene ring substituents is 1. The number of benzene rings is 2. The molecule has 2 aromatic carbocycles. The van der Waals surface area contributed by atoms with Crippen LogP contribution in [0.15, 0.2) is 54.0 Å². The lowest BCUT2D eigenvalue weighted by molar-refractivity contribution is -0.689. The Morgan fingerprint density at radius 1 is 1.18 bits per heavy atom. The maximum atomic E-state index is 12.1. The third kappa shape index (κ3) is 4.94. The quantitative estimate of drug-likeness (QED) is 0.248. The van der Waals surface area contributed by atoms with Crippen LogP contribution in [0, 0.1) is 17.0 Å². The summed E-state index contributed by atoms with van der Waals surface area (Å²) >= 11 is 7.54. The van der Waals surface area contributed by atoms with E-state index in [1.165, 1.54) is 24.3 Å². The molecule has 0 aliphatic heterocycles. The van der Waals surface area contributed by atoms with Gasteiger partial charge in [-0.2, -0.15) is 4.57 Å². The molecule has 144 valence electrons. The number of nitro benzene ring substituents is 1. The van der Waals surface area contributed by atoms with Gasteiger partial charge in [-0.25, -0.2) is 4.79 Å². The molecule has 0 atom stereocenters. The van der Waals surface area contributed by atoms with E-state index in [4.69, 9.17) is 16.3 Å². The summed E-state index contributed by atoms with van der Waals surface area (Å²) in [4.78, 5) is 23.4. The third-order valence-corrected chi connectivity index (χ3v) is 5.69. The van der Waals surface area contributed by atoms with Crippen LogP contribution < -0.4 is 4.57 Å². The fourth-order valence-electron chi connectivity index (χ4n) is 2.67. The molecular formula is C20H18ClN2O4S+. The fourth-order valence-corrected chi connectivity index (χ4v) is 3.78. The summed E-state index contributed by atoms with van der Waals surface area (Å²) in [5, 5.41) is 11.4. The van der Waals surface area contributed by atoms with Crippen molar-refractivity contribution < 1.29 is 19.0 Å². The second kappa shape index (κ2) is 8.95. The minimum Gasteiger partial charge on any atom is -0.462 e. The molecule has 6 nitrogen and oxygen atoms in total. The molecule has 0 saturated heterocycles. The number of carbonyl (C=O) groups is 1. The topological polar surface area (TPSA) is 73.3 Å². The minimum atomic E-state index is -0.506.